The highest BCUT2D eigenvalue weighted by Crippen LogP contribution is 2.10. The molecule has 0 aliphatic carbocycles. The van der Waals surface area contributed by atoms with E-state index in [4.69, 9.17) is 17.3 Å². The summed E-state index contributed by atoms with van der Waals surface area (Å²) in [4.78, 5) is 11.9. The lowest BCUT2D eigenvalue weighted by molar-refractivity contribution is 0.0955. The van der Waals surface area contributed by atoms with E-state index in [1.165, 1.54) is 10.9 Å². The summed E-state index contributed by atoms with van der Waals surface area (Å²) >= 11 is 5.80. The molecule has 2 rings (SSSR count). The van der Waals surface area contributed by atoms with Gasteiger partial charge in [-0.1, -0.05) is 23.7 Å². The lowest BCUT2D eigenvalue weighted by Crippen LogP contribution is -2.26. The fourth-order valence-corrected chi connectivity index (χ4v) is 1.81. The summed E-state index contributed by atoms with van der Waals surface area (Å²) < 4.78 is 1.47. The van der Waals surface area contributed by atoms with Crippen LogP contribution in [-0.4, -0.2) is 22.2 Å². The smallest absolute Gasteiger partial charge is 0.256 e. The van der Waals surface area contributed by atoms with Crippen LogP contribution in [0.3, 0.4) is 0 Å². The zero-order chi connectivity index (χ0) is 13.8. The Morgan fingerprint density at radius 2 is 2.11 bits per heavy atom. The van der Waals surface area contributed by atoms with Crippen molar-refractivity contribution in [2.75, 3.05) is 12.3 Å². The number of carbonyl (C=O) groups is 1. The fraction of sp³-hybridized carbons (Fsp3) is 0.231. The van der Waals surface area contributed by atoms with Crippen LogP contribution in [0.4, 0.5) is 5.82 Å². The molecule has 1 amide bonds. The number of hydrogen-bond donors (Lipinski definition) is 2. The lowest BCUT2D eigenvalue weighted by Gasteiger charge is -2.05. The fourth-order valence-electron chi connectivity index (χ4n) is 1.69. The Labute approximate surface area is 116 Å². The number of nitrogen functional groups attached to an aromatic ring is 1. The largest absolute Gasteiger partial charge is 0.383 e. The molecule has 0 saturated carbocycles. The summed E-state index contributed by atoms with van der Waals surface area (Å²) in [5.41, 5.74) is 7.24. The molecule has 0 atom stereocenters. The van der Waals surface area contributed by atoms with Crippen molar-refractivity contribution in [1.29, 1.82) is 0 Å². The number of aryl methyl sites for hydroxylation is 1. The lowest BCUT2D eigenvalue weighted by atomic mass is 10.1. The molecule has 0 radical (unpaired) electrons. The number of nitrogens with zero attached hydrogens (tertiary/aromatic N) is 2. The number of nitrogens with one attached hydrogen (secondary N) is 1. The molecule has 0 fully saturated rings. The molecule has 6 heteroatoms. The Kier molecular flexibility index (Phi) is 4.06. The van der Waals surface area contributed by atoms with Gasteiger partial charge in [0.15, 0.2) is 0 Å². The van der Waals surface area contributed by atoms with Gasteiger partial charge in [0, 0.05) is 18.6 Å². The summed E-state index contributed by atoms with van der Waals surface area (Å²) in [6, 6.07) is 7.54. The highest BCUT2D eigenvalue weighted by Gasteiger charge is 2.12. The second-order valence-electron chi connectivity index (χ2n) is 4.20. The number of benzene rings is 1. The van der Waals surface area contributed by atoms with Crippen LogP contribution in [0.2, 0.25) is 5.02 Å². The van der Waals surface area contributed by atoms with Gasteiger partial charge in [-0.2, -0.15) is 5.10 Å². The van der Waals surface area contributed by atoms with Crippen LogP contribution in [0.1, 0.15) is 15.9 Å². The second-order valence-corrected chi connectivity index (χ2v) is 4.64. The number of amides is 1. The Hall–Kier alpha value is -2.01. The maximum absolute atomic E-state index is 11.9. The molecule has 1 aromatic heterocycles. The summed E-state index contributed by atoms with van der Waals surface area (Å²) in [6.45, 7) is 0.537. The molecule has 5 nitrogen and oxygen atoms in total. The standard InChI is InChI=1S/C13H15ClN4O/c1-18-12(15)11(8-17-18)13(19)16-7-6-9-2-4-10(14)5-3-9/h2-5,8H,6-7,15H2,1H3,(H,16,19). The molecule has 0 unspecified atom stereocenters. The van der Waals surface area contributed by atoms with Crippen molar-refractivity contribution in [2.45, 2.75) is 6.42 Å². The molecule has 0 bridgehead atoms. The van der Waals surface area contributed by atoms with Gasteiger partial charge in [0.05, 0.1) is 6.20 Å². The average molecular weight is 279 g/mol. The Morgan fingerprint density at radius 3 is 2.68 bits per heavy atom. The summed E-state index contributed by atoms with van der Waals surface area (Å²) in [6.07, 6.45) is 2.20. The third kappa shape index (κ3) is 3.26. The molecule has 0 aliphatic rings. The Morgan fingerprint density at radius 1 is 1.42 bits per heavy atom. The van der Waals surface area contributed by atoms with Crippen LogP contribution in [0.25, 0.3) is 0 Å². The van der Waals surface area contributed by atoms with E-state index in [1.807, 2.05) is 24.3 Å². The van der Waals surface area contributed by atoms with Gasteiger partial charge in [-0.15, -0.1) is 0 Å². The predicted octanol–water partition coefficient (Wildman–Crippen LogP) is 1.63. The number of halogens is 1. The highest BCUT2D eigenvalue weighted by atomic mass is 35.5. The zero-order valence-electron chi connectivity index (χ0n) is 10.6. The van der Waals surface area contributed by atoms with E-state index in [-0.39, 0.29) is 5.91 Å². The van der Waals surface area contributed by atoms with Crippen molar-refractivity contribution in [3.05, 3.63) is 46.6 Å². The SMILES string of the molecule is Cn1ncc(C(=O)NCCc2ccc(Cl)cc2)c1N. The summed E-state index contributed by atoms with van der Waals surface area (Å²) in [5.74, 6) is 0.156. The highest BCUT2D eigenvalue weighted by molar-refractivity contribution is 6.30. The molecule has 3 N–H and O–H groups in total. The molecule has 19 heavy (non-hydrogen) atoms. The van der Waals surface area contributed by atoms with Gasteiger partial charge in [-0.25, -0.2) is 0 Å². The number of anilines is 1. The Bertz CT molecular complexity index is 577. The first-order chi connectivity index (χ1) is 9.08. The molecular weight excluding hydrogens is 264 g/mol. The van der Waals surface area contributed by atoms with Gasteiger partial charge in [-0.05, 0) is 24.1 Å². The van der Waals surface area contributed by atoms with Gasteiger partial charge in [-0.3, -0.25) is 9.48 Å². The van der Waals surface area contributed by atoms with Gasteiger partial charge in [0.1, 0.15) is 11.4 Å². The normalized spacial score (nSPS) is 10.4. The van der Waals surface area contributed by atoms with Crippen molar-refractivity contribution < 1.29 is 4.79 Å². The van der Waals surface area contributed by atoms with Crippen molar-refractivity contribution in [2.24, 2.45) is 7.05 Å². The van der Waals surface area contributed by atoms with Crippen molar-refractivity contribution >= 4 is 23.3 Å². The van der Waals surface area contributed by atoms with E-state index in [9.17, 15) is 4.79 Å². The monoisotopic (exact) mass is 278 g/mol. The van der Waals surface area contributed by atoms with Crippen molar-refractivity contribution in [3.8, 4) is 0 Å². The second kappa shape index (κ2) is 5.75. The molecule has 1 aromatic carbocycles. The van der Waals surface area contributed by atoms with Gasteiger partial charge >= 0.3 is 0 Å². The minimum absolute atomic E-state index is 0.209. The van der Waals surface area contributed by atoms with Gasteiger partial charge in [0.2, 0.25) is 0 Å². The van der Waals surface area contributed by atoms with Gasteiger partial charge in [0.25, 0.3) is 5.91 Å². The zero-order valence-corrected chi connectivity index (χ0v) is 11.3. The van der Waals surface area contributed by atoms with E-state index in [0.29, 0.717) is 22.9 Å². The number of hydrogen-bond acceptors (Lipinski definition) is 3. The first-order valence-corrected chi connectivity index (χ1v) is 6.26. The number of rotatable bonds is 4. The van der Waals surface area contributed by atoms with E-state index >= 15 is 0 Å². The van der Waals surface area contributed by atoms with Crippen LogP contribution in [0.5, 0.6) is 0 Å². The van der Waals surface area contributed by atoms with Crippen molar-refractivity contribution in [3.63, 3.8) is 0 Å². The number of aromatic nitrogens is 2. The maximum Gasteiger partial charge on any atom is 0.256 e. The minimum atomic E-state index is -0.209. The first kappa shape index (κ1) is 13.4. The van der Waals surface area contributed by atoms with E-state index < -0.39 is 0 Å². The predicted molar refractivity (Wildman–Crippen MR) is 75.1 cm³/mol. The van der Waals surface area contributed by atoms with Crippen LogP contribution < -0.4 is 11.1 Å². The topological polar surface area (TPSA) is 72.9 Å². The number of nitrogens with two attached hydrogens (primary N) is 1. The molecule has 0 aliphatic heterocycles. The Balaban J connectivity index is 1.87. The molecule has 0 spiro atoms. The molecule has 0 saturated heterocycles. The minimum Gasteiger partial charge on any atom is -0.383 e. The average Bonchev–Trinajstić information content (AvgIpc) is 2.72. The maximum atomic E-state index is 11.9. The van der Waals surface area contributed by atoms with E-state index in [2.05, 4.69) is 10.4 Å². The van der Waals surface area contributed by atoms with Crippen LogP contribution in [0.15, 0.2) is 30.5 Å². The van der Waals surface area contributed by atoms with Crippen LogP contribution in [-0.2, 0) is 13.5 Å². The molecule has 100 valence electrons. The third-order valence-electron chi connectivity index (χ3n) is 2.84. The van der Waals surface area contributed by atoms with E-state index in [1.54, 1.807) is 7.05 Å². The van der Waals surface area contributed by atoms with Crippen molar-refractivity contribution in [1.82, 2.24) is 15.1 Å². The van der Waals surface area contributed by atoms with Gasteiger partial charge < -0.3 is 11.1 Å². The molecular formula is C13H15ClN4O. The van der Waals surface area contributed by atoms with Crippen LogP contribution >= 0.6 is 11.6 Å². The molecule has 1 heterocycles. The third-order valence-corrected chi connectivity index (χ3v) is 3.09. The quantitative estimate of drug-likeness (QED) is 0.893. The van der Waals surface area contributed by atoms with E-state index in [0.717, 1.165) is 12.0 Å². The molecule has 2 aromatic rings. The summed E-state index contributed by atoms with van der Waals surface area (Å²) in [5, 5.41) is 7.44. The van der Waals surface area contributed by atoms with Crippen LogP contribution in [0, 0.1) is 0 Å². The first-order valence-electron chi connectivity index (χ1n) is 5.88. The number of carbonyl (C=O) groups excluding carboxylic acids is 1. The summed E-state index contributed by atoms with van der Waals surface area (Å²) in [7, 11) is 1.69.